The molecule has 2 aliphatic heterocycles. The molecule has 0 N–H and O–H groups in total. The van der Waals surface area contributed by atoms with Crippen LogP contribution in [0.4, 0.5) is 0 Å². The molecule has 2 aromatic carbocycles. The van der Waals surface area contributed by atoms with Crippen molar-refractivity contribution in [3.05, 3.63) is 94.2 Å². The maximum absolute atomic E-state index is 13.7. The smallest absolute Gasteiger partial charge is 0.272 e. The standard InChI is InChI=1S/C27H19ClN2O5S/c28-19-8-6-17(7-9-19)24-11-10-21(35-24)14-22-25(18-4-2-1-3-5-18)23(15-29)27(32)30(26(22)31)20-12-13-36(33,34)16-20/h1-11,14,20H,12-13,16H2/b22-14+/t20-/m0/s1. The highest BCUT2D eigenvalue weighted by Crippen LogP contribution is 2.37. The molecule has 0 radical (unpaired) electrons. The Bertz CT molecular complexity index is 1580. The van der Waals surface area contributed by atoms with E-state index in [0.717, 1.165) is 10.5 Å². The summed E-state index contributed by atoms with van der Waals surface area (Å²) in [5.74, 6) is -1.01. The Morgan fingerprint density at radius 3 is 2.33 bits per heavy atom. The van der Waals surface area contributed by atoms with E-state index in [2.05, 4.69) is 0 Å². The fourth-order valence-corrected chi connectivity index (χ4v) is 6.31. The molecule has 1 aromatic heterocycles. The number of benzene rings is 2. The lowest BCUT2D eigenvalue weighted by Gasteiger charge is -2.32. The van der Waals surface area contributed by atoms with Gasteiger partial charge >= 0.3 is 0 Å². The largest absolute Gasteiger partial charge is 0.457 e. The Balaban J connectivity index is 1.65. The summed E-state index contributed by atoms with van der Waals surface area (Å²) in [6.07, 6.45) is 1.62. The number of hydrogen-bond donors (Lipinski definition) is 0. The zero-order chi connectivity index (χ0) is 25.4. The van der Waals surface area contributed by atoms with Crippen molar-refractivity contribution in [1.82, 2.24) is 4.90 Å². The van der Waals surface area contributed by atoms with E-state index in [1.165, 1.54) is 6.08 Å². The fraction of sp³-hybridized carbons (Fsp3) is 0.148. The Morgan fingerprint density at radius 2 is 1.69 bits per heavy atom. The van der Waals surface area contributed by atoms with E-state index in [4.69, 9.17) is 16.0 Å². The normalized spacial score (nSPS) is 20.7. The number of hydrogen-bond acceptors (Lipinski definition) is 6. The number of nitriles is 1. The molecular weight excluding hydrogens is 500 g/mol. The number of nitrogens with zero attached hydrogens (tertiary/aromatic N) is 2. The molecule has 7 nitrogen and oxygen atoms in total. The summed E-state index contributed by atoms with van der Waals surface area (Å²) in [6.45, 7) is 0. The number of sulfone groups is 1. The molecule has 0 spiro atoms. The van der Waals surface area contributed by atoms with E-state index < -0.39 is 27.7 Å². The van der Waals surface area contributed by atoms with Crippen LogP contribution < -0.4 is 0 Å². The third-order valence-electron chi connectivity index (χ3n) is 6.19. The predicted octanol–water partition coefficient (Wildman–Crippen LogP) is 4.52. The second-order valence-corrected chi connectivity index (χ2v) is 11.2. The quantitative estimate of drug-likeness (QED) is 0.371. The number of rotatable bonds is 4. The first kappa shape index (κ1) is 23.8. The highest BCUT2D eigenvalue weighted by atomic mass is 35.5. The molecule has 3 aromatic rings. The molecule has 2 aliphatic rings. The van der Waals surface area contributed by atoms with E-state index in [1.807, 2.05) is 6.07 Å². The van der Waals surface area contributed by atoms with Gasteiger partial charge in [-0.25, -0.2) is 8.42 Å². The molecule has 9 heteroatoms. The Morgan fingerprint density at radius 1 is 0.972 bits per heavy atom. The molecule has 1 saturated heterocycles. The minimum atomic E-state index is -3.38. The summed E-state index contributed by atoms with van der Waals surface area (Å²) in [4.78, 5) is 28.0. The van der Waals surface area contributed by atoms with Crippen LogP contribution in [0.1, 0.15) is 17.7 Å². The number of imide groups is 1. The van der Waals surface area contributed by atoms with Gasteiger partial charge in [-0.15, -0.1) is 0 Å². The van der Waals surface area contributed by atoms with Crippen molar-refractivity contribution in [2.24, 2.45) is 0 Å². The number of carbonyl (C=O) groups excluding carboxylic acids is 2. The third-order valence-corrected chi connectivity index (χ3v) is 8.19. The van der Waals surface area contributed by atoms with Crippen LogP contribution in [0.3, 0.4) is 0 Å². The summed E-state index contributed by atoms with van der Waals surface area (Å²) in [5, 5.41) is 10.5. The van der Waals surface area contributed by atoms with Gasteiger partial charge in [0.2, 0.25) is 0 Å². The van der Waals surface area contributed by atoms with Crippen LogP contribution in [0.2, 0.25) is 5.02 Å². The SMILES string of the molecule is N#CC1=C(c2ccccc2)/C(=C\c2ccc(-c3ccc(Cl)cc3)o2)C(=O)N([C@H]2CCS(=O)(=O)C2)C1=O. The molecule has 180 valence electrons. The lowest BCUT2D eigenvalue weighted by molar-refractivity contribution is -0.142. The Kier molecular flexibility index (Phi) is 6.12. The minimum Gasteiger partial charge on any atom is -0.457 e. The first-order valence-corrected chi connectivity index (χ1v) is 13.3. The van der Waals surface area contributed by atoms with Crippen molar-refractivity contribution >= 4 is 44.9 Å². The maximum Gasteiger partial charge on any atom is 0.272 e. The van der Waals surface area contributed by atoms with Crippen LogP contribution in [0.5, 0.6) is 0 Å². The predicted molar refractivity (Wildman–Crippen MR) is 135 cm³/mol. The van der Waals surface area contributed by atoms with E-state index in [9.17, 15) is 23.3 Å². The zero-order valence-corrected chi connectivity index (χ0v) is 20.4. The van der Waals surface area contributed by atoms with Gasteiger partial charge in [-0.1, -0.05) is 41.9 Å². The molecule has 1 fully saturated rings. The maximum atomic E-state index is 13.7. The first-order valence-electron chi connectivity index (χ1n) is 11.1. The molecule has 0 unspecified atom stereocenters. The number of amides is 2. The summed E-state index contributed by atoms with van der Waals surface area (Å²) < 4.78 is 30.2. The number of halogens is 1. The fourth-order valence-electron chi connectivity index (χ4n) is 4.49. The number of furan rings is 1. The molecule has 3 heterocycles. The van der Waals surface area contributed by atoms with Crippen molar-refractivity contribution in [1.29, 1.82) is 5.26 Å². The van der Waals surface area contributed by atoms with Crippen LogP contribution >= 0.6 is 11.6 Å². The van der Waals surface area contributed by atoms with Crippen molar-refractivity contribution in [2.45, 2.75) is 12.5 Å². The van der Waals surface area contributed by atoms with Crippen LogP contribution in [0.25, 0.3) is 23.0 Å². The van der Waals surface area contributed by atoms with Crippen LogP contribution in [0.15, 0.2) is 82.3 Å². The minimum absolute atomic E-state index is 0.0821. The molecule has 0 bridgehead atoms. The van der Waals surface area contributed by atoms with Gasteiger partial charge in [0.05, 0.1) is 23.1 Å². The summed E-state index contributed by atoms with van der Waals surface area (Å²) in [6, 6.07) is 20.3. The van der Waals surface area contributed by atoms with Gasteiger partial charge in [-0.05, 0) is 54.5 Å². The van der Waals surface area contributed by atoms with Crippen LogP contribution in [0, 0.1) is 11.3 Å². The van der Waals surface area contributed by atoms with Gasteiger partial charge in [0.25, 0.3) is 11.8 Å². The highest BCUT2D eigenvalue weighted by molar-refractivity contribution is 7.91. The Hall–Kier alpha value is -3.93. The van der Waals surface area contributed by atoms with Gasteiger partial charge in [0.15, 0.2) is 9.84 Å². The molecule has 1 atom stereocenters. The average molecular weight is 519 g/mol. The second kappa shape index (κ2) is 9.26. The van der Waals surface area contributed by atoms with Crippen molar-refractivity contribution in [2.75, 3.05) is 11.5 Å². The molecular formula is C27H19ClN2O5S. The molecule has 0 saturated carbocycles. The van der Waals surface area contributed by atoms with Crippen LogP contribution in [-0.2, 0) is 19.4 Å². The van der Waals surface area contributed by atoms with Gasteiger partial charge < -0.3 is 4.42 Å². The molecule has 0 aliphatic carbocycles. The van der Waals surface area contributed by atoms with Gasteiger partial charge in [-0.2, -0.15) is 5.26 Å². The van der Waals surface area contributed by atoms with Crippen molar-refractivity contribution < 1.29 is 22.4 Å². The zero-order valence-electron chi connectivity index (χ0n) is 18.8. The molecule has 2 amide bonds. The Labute approximate surface area is 212 Å². The highest BCUT2D eigenvalue weighted by Gasteiger charge is 2.45. The topological polar surface area (TPSA) is 108 Å². The lowest BCUT2D eigenvalue weighted by atomic mass is 9.87. The molecule has 5 rings (SSSR count). The summed E-state index contributed by atoms with van der Waals surface area (Å²) in [5.41, 5.74) is 1.35. The number of carbonyl (C=O) groups is 2. The van der Waals surface area contributed by atoms with Crippen molar-refractivity contribution in [3.63, 3.8) is 0 Å². The first-order chi connectivity index (χ1) is 17.3. The van der Waals surface area contributed by atoms with E-state index in [-0.39, 0.29) is 34.6 Å². The van der Waals surface area contributed by atoms with Crippen molar-refractivity contribution in [3.8, 4) is 17.4 Å². The molecule has 36 heavy (non-hydrogen) atoms. The van der Waals surface area contributed by atoms with Crippen LogP contribution in [-0.4, -0.2) is 42.7 Å². The van der Waals surface area contributed by atoms with Gasteiger partial charge in [0.1, 0.15) is 23.2 Å². The van der Waals surface area contributed by atoms with E-state index in [1.54, 1.807) is 66.7 Å². The third kappa shape index (κ3) is 4.39. The van der Waals surface area contributed by atoms with E-state index >= 15 is 0 Å². The van der Waals surface area contributed by atoms with Gasteiger partial charge in [0, 0.05) is 16.2 Å². The van der Waals surface area contributed by atoms with Gasteiger partial charge in [-0.3, -0.25) is 14.5 Å². The second-order valence-electron chi connectivity index (χ2n) is 8.53. The summed E-state index contributed by atoms with van der Waals surface area (Å²) >= 11 is 5.97. The van der Waals surface area contributed by atoms with E-state index in [0.29, 0.717) is 22.1 Å². The summed E-state index contributed by atoms with van der Waals surface area (Å²) in [7, 11) is -3.38. The monoisotopic (exact) mass is 518 g/mol. The lowest BCUT2D eigenvalue weighted by Crippen LogP contribution is -2.49. The average Bonchev–Trinajstić information content (AvgIpc) is 3.47.